The number of carbonyl (C=O) groups excluding carboxylic acids is 1. The molecule has 2 aliphatic heterocycles. The van der Waals surface area contributed by atoms with Gasteiger partial charge in [0.25, 0.3) is 0 Å². The molecule has 1 saturated carbocycles. The quantitative estimate of drug-likeness (QED) is 0.651. The number of carbonyl (C=O) groups is 2. The third kappa shape index (κ3) is 1.36. The van der Waals surface area contributed by atoms with Gasteiger partial charge in [0.15, 0.2) is 0 Å². The zero-order valence-corrected chi connectivity index (χ0v) is 8.83. The predicted octanol–water partition coefficient (Wildman–Crippen LogP) is -0.547. The molecule has 2 heterocycles. The summed E-state index contributed by atoms with van der Waals surface area (Å²) in [6.45, 7) is 2.47. The summed E-state index contributed by atoms with van der Waals surface area (Å²) in [5.74, 6) is 0.939. The van der Waals surface area contributed by atoms with Gasteiger partial charge in [-0.1, -0.05) is 0 Å². The van der Waals surface area contributed by atoms with Crippen molar-refractivity contribution in [3.63, 3.8) is 0 Å². The Labute approximate surface area is 92.8 Å². The standard InChI is InChI=1S/C10H14N2O4/c13-8-3-11(10(14)15)1-2-12(8)9-6-4-16-5-7(6)9/h6-7,9H,1-5H2,(H,14,15). The molecule has 2 atom stereocenters. The van der Waals surface area contributed by atoms with E-state index >= 15 is 0 Å². The smallest absolute Gasteiger partial charge is 0.407 e. The number of rotatable bonds is 1. The number of piperazine rings is 1. The predicted molar refractivity (Wildman–Crippen MR) is 52.9 cm³/mol. The van der Waals surface area contributed by atoms with E-state index in [1.54, 1.807) is 0 Å². The first-order valence-corrected chi connectivity index (χ1v) is 5.53. The van der Waals surface area contributed by atoms with E-state index in [1.165, 1.54) is 4.90 Å². The number of hydrogen-bond acceptors (Lipinski definition) is 3. The second-order valence-electron chi connectivity index (χ2n) is 4.65. The molecule has 0 aromatic carbocycles. The maximum absolute atomic E-state index is 11.8. The van der Waals surface area contributed by atoms with Crippen LogP contribution >= 0.6 is 0 Å². The zero-order chi connectivity index (χ0) is 11.3. The molecule has 0 aromatic rings. The molecule has 0 radical (unpaired) electrons. The van der Waals surface area contributed by atoms with E-state index in [2.05, 4.69) is 0 Å². The van der Waals surface area contributed by atoms with Gasteiger partial charge in [0.1, 0.15) is 6.54 Å². The van der Waals surface area contributed by atoms with Gasteiger partial charge in [0, 0.05) is 31.0 Å². The van der Waals surface area contributed by atoms with E-state index in [0.717, 1.165) is 13.2 Å². The fourth-order valence-electron chi connectivity index (χ4n) is 2.84. The molecule has 16 heavy (non-hydrogen) atoms. The summed E-state index contributed by atoms with van der Waals surface area (Å²) in [6, 6.07) is 0.317. The van der Waals surface area contributed by atoms with Crippen molar-refractivity contribution < 1.29 is 19.4 Å². The maximum Gasteiger partial charge on any atom is 0.407 e. The van der Waals surface area contributed by atoms with Crippen LogP contribution in [0.4, 0.5) is 4.79 Å². The lowest BCUT2D eigenvalue weighted by molar-refractivity contribution is -0.136. The Morgan fingerprint density at radius 1 is 1.31 bits per heavy atom. The van der Waals surface area contributed by atoms with Crippen molar-refractivity contribution in [1.82, 2.24) is 9.80 Å². The first-order valence-electron chi connectivity index (χ1n) is 5.53. The molecule has 0 spiro atoms. The van der Waals surface area contributed by atoms with Crippen molar-refractivity contribution in [3.05, 3.63) is 0 Å². The van der Waals surface area contributed by atoms with Gasteiger partial charge in [0.05, 0.1) is 13.2 Å². The van der Waals surface area contributed by atoms with Crippen molar-refractivity contribution in [2.45, 2.75) is 6.04 Å². The normalized spacial score (nSPS) is 37.5. The Bertz CT molecular complexity index is 336. The first kappa shape index (κ1) is 9.89. The van der Waals surface area contributed by atoms with Gasteiger partial charge in [-0.25, -0.2) is 4.79 Å². The van der Waals surface area contributed by atoms with Crippen molar-refractivity contribution in [2.75, 3.05) is 32.8 Å². The van der Waals surface area contributed by atoms with Crippen molar-refractivity contribution in [3.8, 4) is 0 Å². The van der Waals surface area contributed by atoms with Crippen LogP contribution in [-0.4, -0.2) is 65.8 Å². The van der Waals surface area contributed by atoms with Crippen LogP contribution in [0.2, 0.25) is 0 Å². The van der Waals surface area contributed by atoms with Crippen LogP contribution in [0.1, 0.15) is 0 Å². The average molecular weight is 226 g/mol. The second-order valence-corrected chi connectivity index (χ2v) is 4.65. The van der Waals surface area contributed by atoms with Gasteiger partial charge in [0.2, 0.25) is 5.91 Å². The molecule has 3 aliphatic rings. The Hall–Kier alpha value is -1.30. The summed E-state index contributed by atoms with van der Waals surface area (Å²) in [6.07, 6.45) is -1.01. The molecule has 3 rings (SSSR count). The Kier molecular flexibility index (Phi) is 2.07. The van der Waals surface area contributed by atoms with E-state index in [1.807, 2.05) is 4.90 Å². The summed E-state index contributed by atoms with van der Waals surface area (Å²) in [7, 11) is 0. The van der Waals surface area contributed by atoms with Gasteiger partial charge in [-0.15, -0.1) is 0 Å². The SMILES string of the molecule is O=C(O)N1CCN(C2C3COCC32)C(=O)C1. The van der Waals surface area contributed by atoms with Crippen LogP contribution in [0.15, 0.2) is 0 Å². The van der Waals surface area contributed by atoms with Gasteiger partial charge >= 0.3 is 6.09 Å². The number of carboxylic acid groups (broad SMARTS) is 1. The van der Waals surface area contributed by atoms with E-state index in [9.17, 15) is 9.59 Å². The van der Waals surface area contributed by atoms with Crippen LogP contribution in [0.3, 0.4) is 0 Å². The average Bonchev–Trinajstić information content (AvgIpc) is 2.71. The number of hydrogen-bond donors (Lipinski definition) is 1. The lowest BCUT2D eigenvalue weighted by Gasteiger charge is -2.33. The minimum atomic E-state index is -1.01. The van der Waals surface area contributed by atoms with Gasteiger partial charge in [-0.3, -0.25) is 9.69 Å². The molecule has 0 bridgehead atoms. The Balaban J connectivity index is 1.63. The van der Waals surface area contributed by atoms with Crippen molar-refractivity contribution in [1.29, 1.82) is 0 Å². The fraction of sp³-hybridized carbons (Fsp3) is 0.800. The van der Waals surface area contributed by atoms with E-state index in [0.29, 0.717) is 31.0 Å². The molecule has 6 heteroatoms. The second kappa shape index (κ2) is 3.35. The highest BCUT2D eigenvalue weighted by Gasteiger charge is 2.58. The van der Waals surface area contributed by atoms with Crippen molar-refractivity contribution in [2.24, 2.45) is 11.8 Å². The Morgan fingerprint density at radius 3 is 2.56 bits per heavy atom. The lowest BCUT2D eigenvalue weighted by Crippen LogP contribution is -2.53. The third-order valence-electron chi connectivity index (χ3n) is 3.79. The minimum absolute atomic E-state index is 0.00608. The number of nitrogens with zero attached hydrogens (tertiary/aromatic N) is 2. The minimum Gasteiger partial charge on any atom is -0.465 e. The van der Waals surface area contributed by atoms with E-state index in [-0.39, 0.29) is 12.5 Å². The van der Waals surface area contributed by atoms with Crippen LogP contribution < -0.4 is 0 Å². The summed E-state index contributed by atoms with van der Waals surface area (Å²) >= 11 is 0. The molecule has 2 amide bonds. The molecular formula is C10H14N2O4. The number of fused-ring (bicyclic) bond motifs is 1. The Morgan fingerprint density at radius 2 is 2.00 bits per heavy atom. The monoisotopic (exact) mass is 226 g/mol. The fourth-order valence-corrected chi connectivity index (χ4v) is 2.84. The van der Waals surface area contributed by atoms with Gasteiger partial charge in [-0.05, 0) is 0 Å². The topological polar surface area (TPSA) is 70.1 Å². The molecule has 1 N–H and O–H groups in total. The molecular weight excluding hydrogens is 212 g/mol. The maximum atomic E-state index is 11.8. The van der Waals surface area contributed by atoms with Crippen molar-refractivity contribution >= 4 is 12.0 Å². The van der Waals surface area contributed by atoms with Crippen LogP contribution in [0.25, 0.3) is 0 Å². The van der Waals surface area contributed by atoms with Crippen LogP contribution in [0.5, 0.6) is 0 Å². The van der Waals surface area contributed by atoms with Gasteiger partial charge < -0.3 is 14.7 Å². The van der Waals surface area contributed by atoms with Crippen LogP contribution in [0, 0.1) is 11.8 Å². The third-order valence-corrected chi connectivity index (χ3v) is 3.79. The summed E-state index contributed by atoms with van der Waals surface area (Å²) in [4.78, 5) is 25.5. The summed E-state index contributed by atoms with van der Waals surface area (Å²) in [5.41, 5.74) is 0. The highest BCUT2D eigenvalue weighted by atomic mass is 16.5. The highest BCUT2D eigenvalue weighted by molar-refractivity contribution is 5.83. The molecule has 2 unspecified atom stereocenters. The molecule has 88 valence electrons. The van der Waals surface area contributed by atoms with Gasteiger partial charge in [-0.2, -0.15) is 0 Å². The molecule has 3 fully saturated rings. The van der Waals surface area contributed by atoms with Crippen LogP contribution in [-0.2, 0) is 9.53 Å². The molecule has 0 aromatic heterocycles. The number of ether oxygens (including phenoxy) is 1. The van der Waals surface area contributed by atoms with E-state index < -0.39 is 6.09 Å². The largest absolute Gasteiger partial charge is 0.465 e. The summed E-state index contributed by atoms with van der Waals surface area (Å²) < 4.78 is 5.28. The number of amides is 2. The van der Waals surface area contributed by atoms with E-state index in [4.69, 9.17) is 9.84 Å². The molecule has 2 saturated heterocycles. The lowest BCUT2D eigenvalue weighted by atomic mass is 10.3. The molecule has 1 aliphatic carbocycles. The zero-order valence-electron chi connectivity index (χ0n) is 8.83. The highest BCUT2D eigenvalue weighted by Crippen LogP contribution is 2.48. The molecule has 6 nitrogen and oxygen atoms in total. The summed E-state index contributed by atoms with van der Waals surface area (Å²) in [5, 5.41) is 8.79. The first-order chi connectivity index (χ1) is 7.68.